The molecule has 0 aliphatic heterocycles. The highest BCUT2D eigenvalue weighted by molar-refractivity contribution is 9.10. The van der Waals surface area contributed by atoms with Gasteiger partial charge in [0.05, 0.1) is 7.11 Å². The molecule has 0 N–H and O–H groups in total. The van der Waals surface area contributed by atoms with Gasteiger partial charge in [-0.15, -0.1) is 0 Å². The fourth-order valence-corrected chi connectivity index (χ4v) is 6.94. The van der Waals surface area contributed by atoms with Crippen LogP contribution in [0.3, 0.4) is 0 Å². The maximum absolute atomic E-state index is 14.3. The second-order valence-corrected chi connectivity index (χ2v) is 27.9. The largest absolute Gasteiger partial charge is 0.542 e. The van der Waals surface area contributed by atoms with Crippen molar-refractivity contribution in [3.05, 3.63) is 117 Å². The molecular weight excluding hydrogens is 1020 g/mol. The molecule has 4 rings (SSSR count). The molecule has 0 saturated heterocycles. The van der Waals surface area contributed by atoms with Crippen molar-refractivity contribution in [2.75, 3.05) is 14.2 Å². The normalized spacial score (nSPS) is 12.4. The van der Waals surface area contributed by atoms with Gasteiger partial charge in [0.25, 0.3) is 22.5 Å². The van der Waals surface area contributed by atoms with Crippen LogP contribution in [0, 0.1) is 23.3 Å². The maximum atomic E-state index is 14.3. The molecule has 67 heavy (non-hydrogen) atoms. The molecule has 23 heteroatoms. The Hall–Kier alpha value is -4.75. The Kier molecular flexibility index (Phi) is 19.7. The van der Waals surface area contributed by atoms with Crippen molar-refractivity contribution in [3.8, 4) is 23.0 Å². The molecule has 4 aromatic rings. The van der Waals surface area contributed by atoms with E-state index in [4.69, 9.17) is 13.7 Å². The lowest BCUT2D eigenvalue weighted by atomic mass is 10.0. The van der Waals surface area contributed by atoms with Crippen LogP contribution < -0.4 is 18.3 Å². The number of rotatable bonds is 14. The van der Waals surface area contributed by atoms with Crippen LogP contribution in [0.5, 0.6) is 23.0 Å². The summed E-state index contributed by atoms with van der Waals surface area (Å²) in [5.74, 6) is -6.07. The molecule has 0 atom stereocenters. The third-order valence-electron chi connectivity index (χ3n) is 10.3. The first kappa shape index (κ1) is 58.4. The summed E-state index contributed by atoms with van der Waals surface area (Å²) in [6.07, 6.45) is -17.6. The van der Waals surface area contributed by atoms with Gasteiger partial charge in [-0.05, 0) is 96.9 Å². The van der Waals surface area contributed by atoms with E-state index in [0.29, 0.717) is 23.8 Å². The van der Waals surface area contributed by atoms with E-state index in [9.17, 15) is 62.3 Å². The Morgan fingerprint density at radius 3 is 1.36 bits per heavy atom. The number of nitrogens with zero attached hydrogens (tertiary/aromatic N) is 1. The summed E-state index contributed by atoms with van der Waals surface area (Å²) in [5.41, 5.74) is -0.216. The lowest BCUT2D eigenvalue weighted by Crippen LogP contribution is -2.44. The highest BCUT2D eigenvalue weighted by atomic mass is 79.9. The van der Waals surface area contributed by atoms with Crippen molar-refractivity contribution in [2.45, 2.75) is 103 Å². The third-order valence-corrected chi connectivity index (χ3v) is 19.4. The van der Waals surface area contributed by atoms with Crippen molar-refractivity contribution in [2.24, 2.45) is 0 Å². The van der Waals surface area contributed by atoms with Gasteiger partial charge in [-0.2, -0.15) is 35.1 Å². The summed E-state index contributed by atoms with van der Waals surface area (Å²) in [6, 6.07) is 11.8. The average Bonchev–Trinajstić information content (AvgIpc) is 3.17. The van der Waals surface area contributed by atoms with Gasteiger partial charge < -0.3 is 18.3 Å². The smallest absolute Gasteiger partial charge is 0.461 e. The topological polar surface area (TPSA) is 83.5 Å². The summed E-state index contributed by atoms with van der Waals surface area (Å²) in [5, 5.41) is 0.774. The Bertz CT molecular complexity index is 2320. The SMILES string of the molecule is CC(C)(C)[Si](C)(C)Oc1cc(C(=O)c2cc(F)cc(OC(F)(F)C(F)F)c2)ccc1F.CON(C)C(=O)c1ccc(F)c(O[Si](C)(C)C(C)(C)C)c1.Fc1cc(Br)cc(OC(F)(F)C(F)F)c1. The van der Waals surface area contributed by atoms with E-state index in [2.05, 4.69) is 46.2 Å². The number of alkyl halides is 8. The zero-order valence-corrected chi connectivity index (χ0v) is 41.9. The fourth-order valence-electron chi connectivity index (χ4n) is 4.47. The van der Waals surface area contributed by atoms with Crippen LogP contribution in [-0.4, -0.2) is 72.6 Å². The van der Waals surface area contributed by atoms with E-state index < -0.39 is 87.8 Å². The summed E-state index contributed by atoms with van der Waals surface area (Å²) < 4.78 is 173. The monoisotopic (exact) mass is 1070 g/mol. The van der Waals surface area contributed by atoms with Crippen molar-refractivity contribution in [1.82, 2.24) is 5.06 Å². The molecule has 0 radical (unpaired) electrons. The van der Waals surface area contributed by atoms with Crippen LogP contribution in [0.1, 0.15) is 67.8 Å². The molecule has 0 saturated carbocycles. The molecule has 0 aliphatic carbocycles. The summed E-state index contributed by atoms with van der Waals surface area (Å²) >= 11 is 2.81. The Balaban J connectivity index is 0.000000370. The zero-order chi connectivity index (χ0) is 51.8. The number of ketones is 1. The second-order valence-electron chi connectivity index (χ2n) is 17.5. The van der Waals surface area contributed by atoms with Crippen LogP contribution in [0.15, 0.2) is 77.3 Å². The molecule has 0 bridgehead atoms. The summed E-state index contributed by atoms with van der Waals surface area (Å²) in [6.45, 7) is 19.9. The minimum atomic E-state index is -4.87. The molecule has 372 valence electrons. The summed E-state index contributed by atoms with van der Waals surface area (Å²) in [7, 11) is -1.72. The predicted octanol–water partition coefficient (Wildman–Crippen LogP) is 14.5. The molecule has 0 heterocycles. The minimum Gasteiger partial charge on any atom is -0.542 e. The van der Waals surface area contributed by atoms with E-state index in [1.165, 1.54) is 32.4 Å². The van der Waals surface area contributed by atoms with Crippen molar-refractivity contribution in [1.29, 1.82) is 0 Å². The highest BCUT2D eigenvalue weighted by Crippen LogP contribution is 2.40. The van der Waals surface area contributed by atoms with Gasteiger partial charge in [0.2, 0.25) is 0 Å². The average molecular weight is 1070 g/mol. The van der Waals surface area contributed by atoms with Gasteiger partial charge in [-0.3, -0.25) is 14.4 Å². The fraction of sp³-hybridized carbons (Fsp3) is 0.409. The maximum Gasteiger partial charge on any atom is 0.461 e. The Morgan fingerprint density at radius 1 is 0.582 bits per heavy atom. The van der Waals surface area contributed by atoms with Crippen LogP contribution >= 0.6 is 15.9 Å². The van der Waals surface area contributed by atoms with Crippen LogP contribution in [0.25, 0.3) is 0 Å². The van der Waals surface area contributed by atoms with Crippen molar-refractivity contribution >= 4 is 44.3 Å². The highest BCUT2D eigenvalue weighted by Gasteiger charge is 2.45. The zero-order valence-electron chi connectivity index (χ0n) is 38.3. The van der Waals surface area contributed by atoms with E-state index >= 15 is 0 Å². The number of hydrogen-bond acceptors (Lipinski definition) is 7. The van der Waals surface area contributed by atoms with E-state index in [1.807, 2.05) is 47.0 Å². The van der Waals surface area contributed by atoms with Gasteiger partial charge in [-0.25, -0.2) is 22.6 Å². The van der Waals surface area contributed by atoms with Crippen LogP contribution in [0.2, 0.25) is 36.3 Å². The molecule has 0 spiro atoms. The third kappa shape index (κ3) is 16.8. The summed E-state index contributed by atoms with van der Waals surface area (Å²) in [4.78, 5) is 29.6. The lowest BCUT2D eigenvalue weighted by Gasteiger charge is -2.36. The molecule has 0 aliphatic rings. The Labute approximate surface area is 390 Å². The number of halogens is 13. The number of carbonyl (C=O) groups excluding carboxylic acids is 2. The van der Waals surface area contributed by atoms with Gasteiger partial charge >= 0.3 is 25.1 Å². The van der Waals surface area contributed by atoms with Gasteiger partial charge in [0.15, 0.2) is 17.4 Å². The number of benzene rings is 4. The number of carbonyl (C=O) groups is 2. The van der Waals surface area contributed by atoms with E-state index in [-0.39, 0.29) is 37.5 Å². The molecular formula is C44H50BrF12NO7Si2. The quantitative estimate of drug-likeness (QED) is 0.0538. The molecule has 0 aromatic heterocycles. The van der Waals surface area contributed by atoms with Crippen molar-refractivity contribution < 1.29 is 85.4 Å². The molecule has 0 unspecified atom stereocenters. The first-order valence-corrected chi connectivity index (χ1v) is 26.3. The van der Waals surface area contributed by atoms with Crippen molar-refractivity contribution in [3.63, 3.8) is 0 Å². The molecule has 0 fully saturated rings. The van der Waals surface area contributed by atoms with Gasteiger partial charge in [-0.1, -0.05) is 57.5 Å². The van der Waals surface area contributed by atoms with Crippen LogP contribution in [0.4, 0.5) is 52.7 Å². The van der Waals surface area contributed by atoms with E-state index in [0.717, 1.165) is 41.5 Å². The standard InChI is InChI=1S/C21H22F6O3Si.C15H24FNO3Si.C8H4BrF5O/c1-20(2,3)31(4,5)30-17-10-12(6-7-16(17)23)18(28)13-8-14(22)11-15(9-13)29-21(26,27)19(24)25;1-15(2,3)21(6,7)20-13-10-11(8-9-12(13)16)14(18)17(4)19-5;9-4-1-5(10)3-6(2-4)15-8(13,14)7(11)12/h6-11,19H,1-5H3;8-10H,1-7H3;1-3,7H. The van der Waals surface area contributed by atoms with E-state index in [1.54, 1.807) is 0 Å². The first-order chi connectivity index (χ1) is 30.3. The second kappa shape index (κ2) is 22.6. The lowest BCUT2D eigenvalue weighted by molar-refractivity contribution is -0.253. The molecule has 8 nitrogen and oxygen atoms in total. The molecule has 1 amide bonds. The predicted molar refractivity (Wildman–Crippen MR) is 235 cm³/mol. The van der Waals surface area contributed by atoms with Gasteiger partial charge in [0, 0.05) is 40.3 Å². The van der Waals surface area contributed by atoms with Crippen LogP contribution in [-0.2, 0) is 4.84 Å². The first-order valence-electron chi connectivity index (χ1n) is 19.6. The number of ether oxygens (including phenoxy) is 2. The number of hydrogen-bond donors (Lipinski definition) is 0. The number of hydroxylamine groups is 2. The number of amides is 1. The molecule has 4 aromatic carbocycles. The van der Waals surface area contributed by atoms with Gasteiger partial charge in [0.1, 0.15) is 34.6 Å². The Morgan fingerprint density at radius 2 is 0.970 bits per heavy atom. The minimum absolute atomic E-state index is 0.0528.